The van der Waals surface area contributed by atoms with Crippen molar-refractivity contribution in [1.29, 1.82) is 0 Å². The Morgan fingerprint density at radius 3 is 2.81 bits per heavy atom. The summed E-state index contributed by atoms with van der Waals surface area (Å²) in [5, 5.41) is 3.01. The molecule has 142 valence electrons. The predicted octanol–water partition coefficient (Wildman–Crippen LogP) is 2.54. The molecule has 7 nitrogen and oxygen atoms in total. The van der Waals surface area contributed by atoms with Crippen molar-refractivity contribution in [1.82, 2.24) is 15.2 Å². The number of benzene rings is 1. The van der Waals surface area contributed by atoms with Crippen molar-refractivity contribution >= 4 is 11.7 Å². The van der Waals surface area contributed by atoms with E-state index >= 15 is 0 Å². The molecule has 3 heterocycles. The van der Waals surface area contributed by atoms with Gasteiger partial charge < -0.3 is 24.6 Å². The number of rotatable bonds is 3. The van der Waals surface area contributed by atoms with Gasteiger partial charge in [0.05, 0.1) is 17.9 Å². The second-order valence-electron chi connectivity index (χ2n) is 6.55. The van der Waals surface area contributed by atoms with Gasteiger partial charge in [-0.05, 0) is 19.1 Å². The summed E-state index contributed by atoms with van der Waals surface area (Å²) in [6, 6.07) is 6.94. The molecule has 0 spiro atoms. The summed E-state index contributed by atoms with van der Waals surface area (Å²) in [7, 11) is 0. The van der Waals surface area contributed by atoms with Gasteiger partial charge in [0.15, 0.2) is 17.3 Å². The molecule has 1 aromatic carbocycles. The van der Waals surface area contributed by atoms with Crippen LogP contribution in [0.3, 0.4) is 0 Å². The number of para-hydroxylation sites is 1. The van der Waals surface area contributed by atoms with Crippen molar-refractivity contribution in [3.8, 4) is 11.5 Å². The van der Waals surface area contributed by atoms with E-state index in [1.54, 1.807) is 17.2 Å². The SMILES string of the molecule is CC(NC(=O)N1CCN(c2ccncc2F)CC1)c1cccc2c1OCO2. The lowest BCUT2D eigenvalue weighted by atomic mass is 10.1. The lowest BCUT2D eigenvalue weighted by molar-refractivity contribution is 0.172. The first-order chi connectivity index (χ1) is 13.1. The van der Waals surface area contributed by atoms with Crippen LogP contribution in [0, 0.1) is 5.82 Å². The lowest BCUT2D eigenvalue weighted by Gasteiger charge is -2.36. The predicted molar refractivity (Wildman–Crippen MR) is 97.5 cm³/mol. The van der Waals surface area contributed by atoms with E-state index in [-0.39, 0.29) is 24.7 Å². The number of pyridine rings is 1. The number of fused-ring (bicyclic) bond motifs is 1. The summed E-state index contributed by atoms with van der Waals surface area (Å²) in [5.41, 5.74) is 1.41. The molecule has 1 saturated heterocycles. The molecule has 1 aromatic heterocycles. The number of ether oxygens (including phenoxy) is 2. The van der Waals surface area contributed by atoms with E-state index in [1.165, 1.54) is 6.20 Å². The van der Waals surface area contributed by atoms with Crippen molar-refractivity contribution in [2.24, 2.45) is 0 Å². The molecule has 2 aliphatic heterocycles. The van der Waals surface area contributed by atoms with Gasteiger partial charge in [-0.3, -0.25) is 4.98 Å². The number of piperazine rings is 1. The summed E-state index contributed by atoms with van der Waals surface area (Å²) in [5.74, 6) is 1.04. The molecular formula is C19H21FN4O3. The first-order valence-corrected chi connectivity index (χ1v) is 8.92. The van der Waals surface area contributed by atoms with Gasteiger partial charge in [0.1, 0.15) is 0 Å². The number of aromatic nitrogens is 1. The van der Waals surface area contributed by atoms with E-state index < -0.39 is 0 Å². The highest BCUT2D eigenvalue weighted by Crippen LogP contribution is 2.38. The Morgan fingerprint density at radius 2 is 2.04 bits per heavy atom. The monoisotopic (exact) mass is 372 g/mol. The number of nitrogens with one attached hydrogen (secondary N) is 1. The molecule has 4 rings (SSSR count). The fraction of sp³-hybridized carbons (Fsp3) is 0.368. The molecule has 1 fully saturated rings. The van der Waals surface area contributed by atoms with Crippen LogP contribution < -0.4 is 19.7 Å². The van der Waals surface area contributed by atoms with Gasteiger partial charge in [-0.1, -0.05) is 12.1 Å². The van der Waals surface area contributed by atoms with E-state index in [0.29, 0.717) is 43.4 Å². The van der Waals surface area contributed by atoms with Crippen LogP contribution in [0.5, 0.6) is 11.5 Å². The molecule has 8 heteroatoms. The Morgan fingerprint density at radius 1 is 1.22 bits per heavy atom. The zero-order valence-corrected chi connectivity index (χ0v) is 15.0. The molecule has 0 saturated carbocycles. The third-order valence-electron chi connectivity index (χ3n) is 4.89. The second kappa shape index (κ2) is 7.30. The number of carbonyl (C=O) groups excluding carboxylic acids is 1. The van der Waals surface area contributed by atoms with Crippen LogP contribution >= 0.6 is 0 Å². The Hall–Kier alpha value is -3.03. The van der Waals surface area contributed by atoms with Crippen molar-refractivity contribution in [3.05, 3.63) is 48.0 Å². The van der Waals surface area contributed by atoms with Gasteiger partial charge in [0, 0.05) is 37.9 Å². The van der Waals surface area contributed by atoms with Crippen LogP contribution in [0.15, 0.2) is 36.7 Å². The van der Waals surface area contributed by atoms with E-state index in [1.807, 2.05) is 30.0 Å². The fourth-order valence-corrected chi connectivity index (χ4v) is 3.42. The first kappa shape index (κ1) is 17.4. The van der Waals surface area contributed by atoms with Crippen LogP contribution in [0.1, 0.15) is 18.5 Å². The Kier molecular flexibility index (Phi) is 4.70. The van der Waals surface area contributed by atoms with Gasteiger partial charge in [-0.2, -0.15) is 0 Å². The quantitative estimate of drug-likeness (QED) is 0.897. The summed E-state index contributed by atoms with van der Waals surface area (Å²) < 4.78 is 24.8. The molecule has 1 atom stereocenters. The average Bonchev–Trinajstić information content (AvgIpc) is 3.17. The standard InChI is InChI=1S/C19H21FN4O3/c1-13(14-3-2-4-17-18(14)27-12-26-17)22-19(25)24-9-7-23(8-10-24)16-5-6-21-11-15(16)20/h2-6,11,13H,7-10,12H2,1H3,(H,22,25). The Bertz CT molecular complexity index is 839. The average molecular weight is 372 g/mol. The number of hydrogen-bond donors (Lipinski definition) is 1. The minimum atomic E-state index is -0.343. The van der Waals surface area contributed by atoms with Crippen molar-refractivity contribution < 1.29 is 18.7 Å². The van der Waals surface area contributed by atoms with E-state index in [0.717, 1.165) is 5.56 Å². The highest BCUT2D eigenvalue weighted by molar-refractivity contribution is 5.75. The van der Waals surface area contributed by atoms with E-state index in [4.69, 9.17) is 9.47 Å². The van der Waals surface area contributed by atoms with Gasteiger partial charge in [-0.15, -0.1) is 0 Å². The number of anilines is 1. The summed E-state index contributed by atoms with van der Waals surface area (Å²) in [6.45, 7) is 4.29. The van der Waals surface area contributed by atoms with Crippen molar-refractivity contribution in [3.63, 3.8) is 0 Å². The van der Waals surface area contributed by atoms with Crippen LogP contribution in [0.4, 0.5) is 14.9 Å². The molecule has 2 amide bonds. The summed E-state index contributed by atoms with van der Waals surface area (Å²) >= 11 is 0. The zero-order valence-electron chi connectivity index (χ0n) is 15.0. The van der Waals surface area contributed by atoms with Crippen LogP contribution in [-0.2, 0) is 0 Å². The maximum atomic E-state index is 13.9. The number of nitrogens with zero attached hydrogens (tertiary/aromatic N) is 3. The maximum absolute atomic E-state index is 13.9. The summed E-state index contributed by atoms with van der Waals surface area (Å²) in [6.07, 6.45) is 2.78. The fourth-order valence-electron chi connectivity index (χ4n) is 3.42. The van der Waals surface area contributed by atoms with E-state index in [2.05, 4.69) is 10.3 Å². The van der Waals surface area contributed by atoms with Crippen LogP contribution in [0.25, 0.3) is 0 Å². The minimum absolute atomic E-state index is 0.145. The van der Waals surface area contributed by atoms with Crippen LogP contribution in [-0.4, -0.2) is 48.9 Å². The molecule has 27 heavy (non-hydrogen) atoms. The number of hydrogen-bond acceptors (Lipinski definition) is 5. The second-order valence-corrected chi connectivity index (χ2v) is 6.55. The van der Waals surface area contributed by atoms with Gasteiger partial charge in [0.25, 0.3) is 0 Å². The number of halogens is 1. The highest BCUT2D eigenvalue weighted by Gasteiger charge is 2.26. The normalized spacial score (nSPS) is 17.0. The Balaban J connectivity index is 1.36. The van der Waals surface area contributed by atoms with Crippen molar-refractivity contribution in [2.45, 2.75) is 13.0 Å². The molecule has 2 aliphatic rings. The molecule has 0 aliphatic carbocycles. The third kappa shape index (κ3) is 3.47. The largest absolute Gasteiger partial charge is 0.454 e. The molecular weight excluding hydrogens is 351 g/mol. The van der Waals surface area contributed by atoms with Crippen molar-refractivity contribution in [2.75, 3.05) is 37.9 Å². The smallest absolute Gasteiger partial charge is 0.317 e. The van der Waals surface area contributed by atoms with Crippen LogP contribution in [0.2, 0.25) is 0 Å². The number of urea groups is 1. The number of amides is 2. The number of carbonyl (C=O) groups is 1. The molecule has 0 bridgehead atoms. The molecule has 2 aromatic rings. The zero-order chi connectivity index (χ0) is 18.8. The van der Waals surface area contributed by atoms with Gasteiger partial charge >= 0.3 is 6.03 Å². The highest BCUT2D eigenvalue weighted by atomic mass is 19.1. The topological polar surface area (TPSA) is 66.9 Å². The minimum Gasteiger partial charge on any atom is -0.454 e. The molecule has 1 unspecified atom stereocenters. The third-order valence-corrected chi connectivity index (χ3v) is 4.89. The Labute approximate surface area is 156 Å². The summed E-state index contributed by atoms with van der Waals surface area (Å²) in [4.78, 5) is 20.1. The van der Waals surface area contributed by atoms with Gasteiger partial charge in [0.2, 0.25) is 6.79 Å². The van der Waals surface area contributed by atoms with Gasteiger partial charge in [-0.25, -0.2) is 9.18 Å². The molecule has 0 radical (unpaired) electrons. The maximum Gasteiger partial charge on any atom is 0.317 e. The van der Waals surface area contributed by atoms with E-state index in [9.17, 15) is 9.18 Å². The molecule has 1 N–H and O–H groups in total. The first-order valence-electron chi connectivity index (χ1n) is 8.92. The lowest BCUT2D eigenvalue weighted by Crippen LogP contribution is -2.52.